The number of amides is 1. The highest BCUT2D eigenvalue weighted by Gasteiger charge is 2.33. The first-order valence-corrected chi connectivity index (χ1v) is 6.48. The zero-order valence-corrected chi connectivity index (χ0v) is 12.0. The highest BCUT2D eigenvalue weighted by Crippen LogP contribution is 2.20. The number of nitrogens with zero attached hydrogens (tertiary/aromatic N) is 3. The van der Waals surface area contributed by atoms with Crippen LogP contribution in [0.2, 0.25) is 0 Å². The molecule has 2 heterocycles. The normalized spacial score (nSPS) is 19.5. The lowest BCUT2D eigenvalue weighted by molar-refractivity contribution is 0.0311. The summed E-state index contributed by atoms with van der Waals surface area (Å²) < 4.78 is 1.46. The van der Waals surface area contributed by atoms with Crippen molar-refractivity contribution in [1.82, 2.24) is 14.4 Å². The zero-order valence-electron chi connectivity index (χ0n) is 12.0. The highest BCUT2D eigenvalue weighted by molar-refractivity contribution is 5.94. The number of carbonyl (C=O) groups is 1. The Labute approximate surface area is 113 Å². The van der Waals surface area contributed by atoms with Crippen molar-refractivity contribution < 1.29 is 4.79 Å². The lowest BCUT2D eigenvalue weighted by Gasteiger charge is -2.45. The molecule has 0 saturated carbocycles. The van der Waals surface area contributed by atoms with Crippen molar-refractivity contribution in [3.8, 4) is 0 Å². The maximum atomic E-state index is 12.4. The van der Waals surface area contributed by atoms with Crippen molar-refractivity contribution in [2.75, 3.05) is 26.7 Å². The molecular formula is C14H21N3O2. The second-order valence-corrected chi connectivity index (χ2v) is 5.83. The molecule has 0 aliphatic carbocycles. The molecule has 5 heteroatoms. The van der Waals surface area contributed by atoms with Crippen molar-refractivity contribution in [1.29, 1.82) is 0 Å². The van der Waals surface area contributed by atoms with Gasteiger partial charge in [0.25, 0.3) is 11.5 Å². The summed E-state index contributed by atoms with van der Waals surface area (Å²) in [6.07, 6.45) is 1.64. The fourth-order valence-corrected chi connectivity index (χ4v) is 2.28. The van der Waals surface area contributed by atoms with E-state index in [0.29, 0.717) is 18.7 Å². The van der Waals surface area contributed by atoms with Gasteiger partial charge >= 0.3 is 0 Å². The molecule has 5 nitrogen and oxygen atoms in total. The Morgan fingerprint density at radius 3 is 2.53 bits per heavy atom. The van der Waals surface area contributed by atoms with Gasteiger partial charge in [0.15, 0.2) is 0 Å². The lowest BCUT2D eigenvalue weighted by Crippen LogP contribution is -2.58. The minimum atomic E-state index is -0.153. The summed E-state index contributed by atoms with van der Waals surface area (Å²) in [5, 5.41) is 0. The van der Waals surface area contributed by atoms with Gasteiger partial charge < -0.3 is 9.47 Å². The average molecular weight is 263 g/mol. The fourth-order valence-electron chi connectivity index (χ4n) is 2.28. The number of aromatic nitrogens is 1. The summed E-state index contributed by atoms with van der Waals surface area (Å²) in [5.41, 5.74) is 0.288. The SMILES string of the molecule is CN1CCN(C(=O)c2ccn(C)c(=O)c2)CC1(C)C. The van der Waals surface area contributed by atoms with Crippen LogP contribution >= 0.6 is 0 Å². The van der Waals surface area contributed by atoms with E-state index in [2.05, 4.69) is 25.8 Å². The van der Waals surface area contributed by atoms with Crippen LogP contribution < -0.4 is 5.56 Å². The van der Waals surface area contributed by atoms with E-state index in [4.69, 9.17) is 0 Å². The Morgan fingerprint density at radius 2 is 1.95 bits per heavy atom. The van der Waals surface area contributed by atoms with Crippen LogP contribution in [0.3, 0.4) is 0 Å². The van der Waals surface area contributed by atoms with Crippen molar-refractivity contribution in [3.63, 3.8) is 0 Å². The van der Waals surface area contributed by atoms with Crippen molar-refractivity contribution in [2.24, 2.45) is 7.05 Å². The highest BCUT2D eigenvalue weighted by atomic mass is 16.2. The Morgan fingerprint density at radius 1 is 1.26 bits per heavy atom. The van der Waals surface area contributed by atoms with Gasteiger partial charge in [-0.15, -0.1) is 0 Å². The van der Waals surface area contributed by atoms with Crippen LogP contribution in [0.25, 0.3) is 0 Å². The number of carbonyl (C=O) groups excluding carboxylic acids is 1. The maximum absolute atomic E-state index is 12.4. The molecule has 1 aliphatic heterocycles. The van der Waals surface area contributed by atoms with E-state index in [1.807, 2.05) is 4.90 Å². The quantitative estimate of drug-likeness (QED) is 0.743. The summed E-state index contributed by atoms with van der Waals surface area (Å²) in [4.78, 5) is 28.1. The molecule has 1 aliphatic rings. The molecule has 1 fully saturated rings. The fraction of sp³-hybridized carbons (Fsp3) is 0.571. The number of hydrogen-bond acceptors (Lipinski definition) is 3. The van der Waals surface area contributed by atoms with Gasteiger partial charge in [0.1, 0.15) is 0 Å². The first-order valence-electron chi connectivity index (χ1n) is 6.48. The summed E-state index contributed by atoms with van der Waals surface area (Å²) in [7, 11) is 3.75. The molecule has 2 rings (SSSR count). The summed E-state index contributed by atoms with van der Waals surface area (Å²) in [6, 6.07) is 3.11. The van der Waals surface area contributed by atoms with E-state index in [9.17, 15) is 9.59 Å². The van der Waals surface area contributed by atoms with E-state index in [0.717, 1.165) is 6.54 Å². The van der Waals surface area contributed by atoms with Crippen LogP contribution in [0.4, 0.5) is 0 Å². The first kappa shape index (κ1) is 13.8. The van der Waals surface area contributed by atoms with Gasteiger partial charge in [-0.3, -0.25) is 14.5 Å². The maximum Gasteiger partial charge on any atom is 0.254 e. The van der Waals surface area contributed by atoms with Crippen LogP contribution in [0.5, 0.6) is 0 Å². The van der Waals surface area contributed by atoms with Crippen LogP contribution in [-0.4, -0.2) is 52.5 Å². The molecule has 0 radical (unpaired) electrons. The Kier molecular flexibility index (Phi) is 3.49. The second kappa shape index (κ2) is 4.81. The third-order valence-electron chi connectivity index (χ3n) is 3.95. The van der Waals surface area contributed by atoms with Crippen LogP contribution in [-0.2, 0) is 7.05 Å². The van der Waals surface area contributed by atoms with Gasteiger partial charge in [-0.05, 0) is 27.0 Å². The van der Waals surface area contributed by atoms with Crippen LogP contribution in [0.15, 0.2) is 23.1 Å². The number of pyridine rings is 1. The number of rotatable bonds is 1. The van der Waals surface area contributed by atoms with Crippen LogP contribution in [0, 0.1) is 0 Å². The van der Waals surface area contributed by atoms with Gasteiger partial charge in [0.2, 0.25) is 0 Å². The third kappa shape index (κ3) is 2.71. The van der Waals surface area contributed by atoms with E-state index >= 15 is 0 Å². The van der Waals surface area contributed by atoms with E-state index in [1.54, 1.807) is 19.3 Å². The summed E-state index contributed by atoms with van der Waals surface area (Å²) in [5.74, 6) is -0.0566. The van der Waals surface area contributed by atoms with Crippen molar-refractivity contribution in [2.45, 2.75) is 19.4 Å². The Hall–Kier alpha value is -1.62. The first-order chi connectivity index (χ1) is 8.81. The molecule has 0 unspecified atom stereocenters. The predicted octanol–water partition coefficient (Wildman–Crippen LogP) is 0.551. The molecule has 1 aromatic rings. The predicted molar refractivity (Wildman–Crippen MR) is 74.3 cm³/mol. The number of hydrogen-bond donors (Lipinski definition) is 0. The smallest absolute Gasteiger partial charge is 0.254 e. The number of aryl methyl sites for hydroxylation is 1. The second-order valence-electron chi connectivity index (χ2n) is 5.83. The number of piperazine rings is 1. The van der Waals surface area contributed by atoms with Gasteiger partial charge in [-0.25, -0.2) is 0 Å². The molecule has 1 aromatic heterocycles. The third-order valence-corrected chi connectivity index (χ3v) is 3.95. The molecule has 0 bridgehead atoms. The standard InChI is InChI=1S/C14H21N3O2/c1-14(2)10-17(8-7-16(14)4)13(19)11-5-6-15(3)12(18)9-11/h5-6,9H,7-8,10H2,1-4H3. The minimum absolute atomic E-state index is 0.0341. The average Bonchev–Trinajstić information content (AvgIpc) is 2.35. The Bertz CT molecular complexity index is 548. The lowest BCUT2D eigenvalue weighted by atomic mass is 9.99. The molecule has 19 heavy (non-hydrogen) atoms. The molecule has 0 spiro atoms. The summed E-state index contributed by atoms with van der Waals surface area (Å²) >= 11 is 0. The largest absolute Gasteiger partial charge is 0.336 e. The molecule has 0 N–H and O–H groups in total. The van der Waals surface area contributed by atoms with Gasteiger partial charge in [0.05, 0.1) is 0 Å². The van der Waals surface area contributed by atoms with Gasteiger partial charge in [0, 0.05) is 50.0 Å². The van der Waals surface area contributed by atoms with E-state index < -0.39 is 0 Å². The van der Waals surface area contributed by atoms with Crippen molar-refractivity contribution in [3.05, 3.63) is 34.2 Å². The summed E-state index contributed by atoms with van der Waals surface area (Å²) in [6.45, 7) is 6.47. The zero-order chi connectivity index (χ0) is 14.2. The molecule has 0 atom stereocenters. The van der Waals surface area contributed by atoms with Gasteiger partial charge in [-0.1, -0.05) is 0 Å². The number of likely N-dealkylation sites (N-methyl/N-ethyl adjacent to an activating group) is 1. The monoisotopic (exact) mass is 263 g/mol. The van der Waals surface area contributed by atoms with E-state index in [-0.39, 0.29) is 17.0 Å². The molecule has 1 amide bonds. The molecule has 0 aromatic carbocycles. The molecule has 1 saturated heterocycles. The minimum Gasteiger partial charge on any atom is -0.336 e. The van der Waals surface area contributed by atoms with Crippen LogP contribution in [0.1, 0.15) is 24.2 Å². The molecular weight excluding hydrogens is 242 g/mol. The van der Waals surface area contributed by atoms with E-state index in [1.165, 1.54) is 10.6 Å². The Balaban J connectivity index is 2.20. The van der Waals surface area contributed by atoms with Gasteiger partial charge in [-0.2, -0.15) is 0 Å². The van der Waals surface area contributed by atoms with Crippen molar-refractivity contribution >= 4 is 5.91 Å². The topological polar surface area (TPSA) is 45.5 Å². The molecule has 104 valence electrons.